The second-order valence-corrected chi connectivity index (χ2v) is 8.25. The van der Waals surface area contributed by atoms with Gasteiger partial charge in [0.15, 0.2) is 0 Å². The molecule has 4 aromatic rings. The number of nitrogens with zero attached hydrogens (tertiary/aromatic N) is 2. The first-order valence-electron chi connectivity index (χ1n) is 9.50. The molecule has 2 N–H and O–H groups in total. The van der Waals surface area contributed by atoms with Crippen LogP contribution < -0.4 is 10.9 Å². The maximum atomic E-state index is 12.9. The van der Waals surface area contributed by atoms with Gasteiger partial charge in [-0.25, -0.2) is 4.98 Å². The fourth-order valence-corrected chi connectivity index (χ4v) is 4.12. The van der Waals surface area contributed by atoms with Gasteiger partial charge in [-0.15, -0.1) is 11.3 Å². The van der Waals surface area contributed by atoms with Crippen molar-refractivity contribution in [3.8, 4) is 5.69 Å². The van der Waals surface area contributed by atoms with Gasteiger partial charge in [0, 0.05) is 10.4 Å². The number of nitrogens with one attached hydrogen (secondary N) is 1. The second kappa shape index (κ2) is 7.85. The lowest BCUT2D eigenvalue weighted by molar-refractivity contribution is 0.0557. The van der Waals surface area contributed by atoms with Crippen LogP contribution in [0.2, 0.25) is 0 Å². The summed E-state index contributed by atoms with van der Waals surface area (Å²) in [5, 5.41) is 15.8. The summed E-state index contributed by atoms with van der Waals surface area (Å²) in [6.45, 7) is 3.55. The Balaban J connectivity index is 1.55. The number of fused-ring (bicyclic) bond motifs is 1. The van der Waals surface area contributed by atoms with Crippen LogP contribution in [0, 0.1) is 6.92 Å². The molecule has 0 radical (unpaired) electrons. The van der Waals surface area contributed by atoms with Crippen molar-refractivity contribution in [1.82, 2.24) is 14.9 Å². The number of carbonyl (C=O) groups excluding carboxylic acids is 1. The van der Waals surface area contributed by atoms with Gasteiger partial charge in [0.05, 0.1) is 23.1 Å². The van der Waals surface area contributed by atoms with Crippen LogP contribution in [0.3, 0.4) is 0 Å². The van der Waals surface area contributed by atoms with Gasteiger partial charge in [-0.1, -0.05) is 18.2 Å². The van der Waals surface area contributed by atoms with Gasteiger partial charge in [0.1, 0.15) is 11.4 Å². The Kier molecular flexibility index (Phi) is 5.24. The number of thiophene rings is 1. The standard InChI is InChI=1S/C23H21N3O3S/c1-15-25-19-7-4-3-6-18(19)22(28)26(15)17-11-9-16(10-12-17)21(27)24-14-23(2,29)20-8-5-13-30-20/h3-13,29H,14H2,1-2H3,(H,24,27). The SMILES string of the molecule is Cc1nc2ccccc2c(=O)n1-c1ccc(C(=O)NCC(C)(O)c2cccs2)cc1. The first-order valence-corrected chi connectivity index (χ1v) is 10.4. The molecule has 0 saturated carbocycles. The topological polar surface area (TPSA) is 84.2 Å². The molecule has 1 unspecified atom stereocenters. The molecule has 1 atom stereocenters. The predicted molar refractivity (Wildman–Crippen MR) is 118 cm³/mol. The Morgan fingerprint density at radius 3 is 2.57 bits per heavy atom. The summed E-state index contributed by atoms with van der Waals surface area (Å²) >= 11 is 1.44. The molecule has 0 bridgehead atoms. The number of hydrogen-bond acceptors (Lipinski definition) is 5. The zero-order valence-electron chi connectivity index (χ0n) is 16.6. The highest BCUT2D eigenvalue weighted by Gasteiger charge is 2.25. The third-order valence-corrected chi connectivity index (χ3v) is 6.10. The van der Waals surface area contributed by atoms with Crippen LogP contribution in [-0.2, 0) is 5.60 Å². The van der Waals surface area contributed by atoms with Crippen LogP contribution in [0.5, 0.6) is 0 Å². The molecule has 2 aromatic heterocycles. The summed E-state index contributed by atoms with van der Waals surface area (Å²) in [5.41, 5.74) is 0.454. The number of hydrogen-bond donors (Lipinski definition) is 2. The Morgan fingerprint density at radius 2 is 1.87 bits per heavy atom. The molecule has 6 nitrogen and oxygen atoms in total. The molecule has 1 amide bonds. The number of benzene rings is 2. The fraction of sp³-hybridized carbons (Fsp3) is 0.174. The normalized spacial score (nSPS) is 13.2. The maximum absolute atomic E-state index is 12.9. The molecule has 0 aliphatic carbocycles. The van der Waals surface area contributed by atoms with E-state index in [0.29, 0.717) is 28.0 Å². The molecular formula is C23H21N3O3S. The molecular weight excluding hydrogens is 398 g/mol. The summed E-state index contributed by atoms with van der Waals surface area (Å²) in [4.78, 5) is 30.7. The van der Waals surface area contributed by atoms with Crippen molar-refractivity contribution in [3.05, 3.63) is 92.7 Å². The van der Waals surface area contributed by atoms with Crippen molar-refractivity contribution >= 4 is 28.1 Å². The summed E-state index contributed by atoms with van der Waals surface area (Å²) in [7, 11) is 0. The lowest BCUT2D eigenvalue weighted by Gasteiger charge is -2.22. The highest BCUT2D eigenvalue weighted by Crippen LogP contribution is 2.24. The minimum Gasteiger partial charge on any atom is -0.383 e. The summed E-state index contributed by atoms with van der Waals surface area (Å²) in [5.74, 6) is 0.280. The van der Waals surface area contributed by atoms with Crippen molar-refractivity contribution in [2.24, 2.45) is 0 Å². The second-order valence-electron chi connectivity index (χ2n) is 7.30. The summed E-state index contributed by atoms with van der Waals surface area (Å²) in [6, 6.07) is 17.7. The third-order valence-electron chi connectivity index (χ3n) is 4.98. The van der Waals surface area contributed by atoms with E-state index in [4.69, 9.17) is 0 Å². The number of aryl methyl sites for hydroxylation is 1. The molecule has 0 spiro atoms. The number of carbonyl (C=O) groups is 1. The van der Waals surface area contributed by atoms with Gasteiger partial charge < -0.3 is 10.4 Å². The minimum atomic E-state index is -1.13. The zero-order chi connectivity index (χ0) is 21.3. The van der Waals surface area contributed by atoms with E-state index < -0.39 is 5.60 Å². The van der Waals surface area contributed by atoms with Crippen LogP contribution in [-0.4, -0.2) is 27.1 Å². The number of aromatic nitrogens is 2. The molecule has 0 aliphatic rings. The van der Waals surface area contributed by atoms with Crippen LogP contribution in [0.1, 0.15) is 28.0 Å². The third kappa shape index (κ3) is 3.77. The lowest BCUT2D eigenvalue weighted by Crippen LogP contribution is -2.38. The van der Waals surface area contributed by atoms with Crippen LogP contribution in [0.4, 0.5) is 0 Å². The van der Waals surface area contributed by atoms with Crippen LogP contribution in [0.25, 0.3) is 16.6 Å². The maximum Gasteiger partial charge on any atom is 0.265 e. The number of para-hydroxylation sites is 1. The van der Waals surface area contributed by atoms with Gasteiger partial charge in [0.2, 0.25) is 0 Å². The van der Waals surface area contributed by atoms with Crippen LogP contribution in [0.15, 0.2) is 70.8 Å². The first kappa shape index (κ1) is 20.0. The van der Waals surface area contributed by atoms with Gasteiger partial charge in [0.25, 0.3) is 11.5 Å². The highest BCUT2D eigenvalue weighted by atomic mass is 32.1. The van der Waals surface area contributed by atoms with E-state index in [1.807, 2.05) is 35.7 Å². The van der Waals surface area contributed by atoms with Crippen molar-refractivity contribution in [2.45, 2.75) is 19.4 Å². The van der Waals surface area contributed by atoms with Crippen molar-refractivity contribution in [3.63, 3.8) is 0 Å². The van der Waals surface area contributed by atoms with Gasteiger partial charge in [-0.2, -0.15) is 0 Å². The van der Waals surface area contributed by atoms with E-state index in [9.17, 15) is 14.7 Å². The summed E-state index contributed by atoms with van der Waals surface area (Å²) < 4.78 is 1.53. The number of amides is 1. The first-order chi connectivity index (χ1) is 14.4. The van der Waals surface area contributed by atoms with Crippen molar-refractivity contribution in [1.29, 1.82) is 0 Å². The summed E-state index contributed by atoms with van der Waals surface area (Å²) in [6.07, 6.45) is 0. The van der Waals surface area contributed by atoms with E-state index >= 15 is 0 Å². The molecule has 4 rings (SSSR count). The highest BCUT2D eigenvalue weighted by molar-refractivity contribution is 7.10. The van der Waals surface area contributed by atoms with Gasteiger partial charge in [-0.3, -0.25) is 14.2 Å². The van der Waals surface area contributed by atoms with Crippen molar-refractivity contribution < 1.29 is 9.90 Å². The van der Waals surface area contributed by atoms with Gasteiger partial charge in [-0.05, 0) is 61.7 Å². The number of rotatable bonds is 5. The molecule has 0 aliphatic heterocycles. The average Bonchev–Trinajstić information content (AvgIpc) is 3.29. The Bertz CT molecular complexity index is 1260. The van der Waals surface area contributed by atoms with Gasteiger partial charge >= 0.3 is 0 Å². The fourth-order valence-electron chi connectivity index (χ4n) is 3.34. The van der Waals surface area contributed by atoms with E-state index in [-0.39, 0.29) is 18.0 Å². The van der Waals surface area contributed by atoms with Crippen LogP contribution >= 0.6 is 11.3 Å². The average molecular weight is 420 g/mol. The molecule has 0 saturated heterocycles. The van der Waals surface area contributed by atoms with E-state index in [1.54, 1.807) is 44.2 Å². The smallest absolute Gasteiger partial charge is 0.265 e. The Labute approximate surface area is 177 Å². The largest absolute Gasteiger partial charge is 0.383 e. The zero-order valence-corrected chi connectivity index (χ0v) is 17.4. The molecule has 152 valence electrons. The molecule has 30 heavy (non-hydrogen) atoms. The Hall–Kier alpha value is -3.29. The molecule has 7 heteroatoms. The van der Waals surface area contributed by atoms with E-state index in [2.05, 4.69) is 10.3 Å². The number of aliphatic hydroxyl groups is 1. The monoisotopic (exact) mass is 419 g/mol. The molecule has 0 fully saturated rings. The van der Waals surface area contributed by atoms with E-state index in [1.165, 1.54) is 15.9 Å². The van der Waals surface area contributed by atoms with E-state index in [0.717, 1.165) is 4.88 Å². The minimum absolute atomic E-state index is 0.0985. The van der Waals surface area contributed by atoms with Crippen molar-refractivity contribution in [2.75, 3.05) is 6.54 Å². The predicted octanol–water partition coefficient (Wildman–Crippen LogP) is 3.39. The Morgan fingerprint density at radius 1 is 1.13 bits per heavy atom. The lowest BCUT2D eigenvalue weighted by atomic mass is 10.0. The molecule has 2 aromatic carbocycles. The quantitative estimate of drug-likeness (QED) is 0.519. The molecule has 2 heterocycles.